The van der Waals surface area contributed by atoms with Gasteiger partial charge in [0.05, 0.1) is 0 Å². The summed E-state index contributed by atoms with van der Waals surface area (Å²) in [6, 6.07) is 16.4. The van der Waals surface area contributed by atoms with Gasteiger partial charge in [-0.25, -0.2) is 0 Å². The van der Waals surface area contributed by atoms with Crippen LogP contribution in [0, 0.1) is 6.92 Å². The van der Waals surface area contributed by atoms with E-state index in [4.69, 9.17) is 0 Å². The third kappa shape index (κ3) is 3.66. The summed E-state index contributed by atoms with van der Waals surface area (Å²) in [5.74, 6) is 0. The highest BCUT2D eigenvalue weighted by Crippen LogP contribution is 2.25. The number of hydrogen-bond acceptors (Lipinski definition) is 3. The fourth-order valence-electron chi connectivity index (χ4n) is 3.07. The average molecular weight is 300 g/mol. The van der Waals surface area contributed by atoms with Crippen LogP contribution in [0.1, 0.15) is 35.6 Å². The number of nitrogens with one attached hydrogen (secondary N) is 1. The van der Waals surface area contributed by atoms with Gasteiger partial charge in [0.15, 0.2) is 0 Å². The SMILES string of the molecule is Cc1ccc(C(C)NC2CCN(c3ccccc3)CC2)s1. The van der Waals surface area contributed by atoms with E-state index in [1.54, 1.807) is 0 Å². The number of hydrogen-bond donors (Lipinski definition) is 1. The molecule has 1 fully saturated rings. The number of thiophene rings is 1. The Labute approximate surface area is 131 Å². The summed E-state index contributed by atoms with van der Waals surface area (Å²) in [5, 5.41) is 3.80. The Morgan fingerprint density at radius 2 is 1.81 bits per heavy atom. The number of para-hydroxylation sites is 1. The van der Waals surface area contributed by atoms with E-state index in [9.17, 15) is 0 Å². The van der Waals surface area contributed by atoms with Gasteiger partial charge in [-0.3, -0.25) is 0 Å². The molecular formula is C18H24N2S. The smallest absolute Gasteiger partial charge is 0.0388 e. The maximum Gasteiger partial charge on any atom is 0.0388 e. The predicted molar refractivity (Wildman–Crippen MR) is 92.3 cm³/mol. The molecule has 112 valence electrons. The second-order valence-electron chi connectivity index (χ2n) is 5.93. The lowest BCUT2D eigenvalue weighted by Crippen LogP contribution is -2.43. The van der Waals surface area contributed by atoms with Crippen LogP contribution in [0.3, 0.4) is 0 Å². The van der Waals surface area contributed by atoms with Gasteiger partial charge < -0.3 is 10.2 Å². The minimum Gasteiger partial charge on any atom is -0.371 e. The fraction of sp³-hybridized carbons (Fsp3) is 0.444. The Hall–Kier alpha value is -1.32. The number of aryl methyl sites for hydroxylation is 1. The van der Waals surface area contributed by atoms with Crippen LogP contribution in [0.5, 0.6) is 0 Å². The van der Waals surface area contributed by atoms with E-state index < -0.39 is 0 Å². The van der Waals surface area contributed by atoms with E-state index in [1.807, 2.05) is 11.3 Å². The van der Waals surface area contributed by atoms with Gasteiger partial charge in [0.25, 0.3) is 0 Å². The normalized spacial score (nSPS) is 17.9. The summed E-state index contributed by atoms with van der Waals surface area (Å²) in [6.45, 7) is 6.77. The summed E-state index contributed by atoms with van der Waals surface area (Å²) in [6.07, 6.45) is 2.45. The molecule has 2 nitrogen and oxygen atoms in total. The van der Waals surface area contributed by atoms with Gasteiger partial charge in [0.2, 0.25) is 0 Å². The Bertz CT molecular complexity index is 556. The van der Waals surface area contributed by atoms with Crippen molar-refractivity contribution >= 4 is 17.0 Å². The van der Waals surface area contributed by atoms with Crippen LogP contribution in [-0.2, 0) is 0 Å². The molecule has 0 saturated carbocycles. The fourth-order valence-corrected chi connectivity index (χ4v) is 3.95. The Balaban J connectivity index is 1.52. The van der Waals surface area contributed by atoms with Gasteiger partial charge in [0.1, 0.15) is 0 Å². The molecule has 21 heavy (non-hydrogen) atoms. The van der Waals surface area contributed by atoms with Crippen molar-refractivity contribution in [2.75, 3.05) is 18.0 Å². The van der Waals surface area contributed by atoms with Crippen molar-refractivity contribution in [3.8, 4) is 0 Å². The van der Waals surface area contributed by atoms with E-state index in [0.717, 1.165) is 13.1 Å². The Morgan fingerprint density at radius 1 is 1.10 bits per heavy atom. The zero-order valence-corrected chi connectivity index (χ0v) is 13.7. The van der Waals surface area contributed by atoms with Gasteiger partial charge in [-0.05, 0) is 51.0 Å². The highest BCUT2D eigenvalue weighted by Gasteiger charge is 2.21. The molecule has 0 bridgehead atoms. The largest absolute Gasteiger partial charge is 0.371 e. The molecule has 3 rings (SSSR count). The maximum absolute atomic E-state index is 3.80. The monoisotopic (exact) mass is 300 g/mol. The van der Waals surface area contributed by atoms with Gasteiger partial charge in [-0.15, -0.1) is 11.3 Å². The topological polar surface area (TPSA) is 15.3 Å². The first-order valence-corrected chi connectivity index (χ1v) is 8.66. The van der Waals surface area contributed by atoms with Crippen molar-refractivity contribution in [1.82, 2.24) is 5.32 Å². The molecule has 0 spiro atoms. The Kier molecular flexibility index (Phi) is 4.61. The molecule has 2 heterocycles. The molecule has 1 aromatic carbocycles. The summed E-state index contributed by atoms with van der Waals surface area (Å²) < 4.78 is 0. The van der Waals surface area contributed by atoms with Crippen molar-refractivity contribution in [1.29, 1.82) is 0 Å². The Morgan fingerprint density at radius 3 is 2.43 bits per heavy atom. The standard InChI is InChI=1S/C18H24N2S/c1-14-8-9-18(21-14)15(2)19-16-10-12-20(13-11-16)17-6-4-3-5-7-17/h3-9,15-16,19H,10-13H2,1-2H3. The molecule has 3 heteroatoms. The molecular weight excluding hydrogens is 276 g/mol. The second kappa shape index (κ2) is 6.63. The second-order valence-corrected chi connectivity index (χ2v) is 7.25. The van der Waals surface area contributed by atoms with E-state index in [1.165, 1.54) is 28.3 Å². The van der Waals surface area contributed by atoms with Crippen LogP contribution in [0.25, 0.3) is 0 Å². The molecule has 1 atom stereocenters. The molecule has 0 amide bonds. The number of benzene rings is 1. The van der Waals surface area contributed by atoms with Gasteiger partial charge >= 0.3 is 0 Å². The van der Waals surface area contributed by atoms with Crippen molar-refractivity contribution in [2.24, 2.45) is 0 Å². The van der Waals surface area contributed by atoms with Crippen LogP contribution < -0.4 is 10.2 Å². The van der Waals surface area contributed by atoms with Crippen LogP contribution in [-0.4, -0.2) is 19.1 Å². The predicted octanol–water partition coefficient (Wildman–Crippen LogP) is 4.38. The van der Waals surface area contributed by atoms with Crippen molar-refractivity contribution in [2.45, 2.75) is 38.8 Å². The molecule has 0 aliphatic carbocycles. The zero-order chi connectivity index (χ0) is 14.7. The minimum atomic E-state index is 0.469. The summed E-state index contributed by atoms with van der Waals surface area (Å²) in [7, 11) is 0. The highest BCUT2D eigenvalue weighted by molar-refractivity contribution is 7.12. The molecule has 1 N–H and O–H groups in total. The zero-order valence-electron chi connectivity index (χ0n) is 12.9. The lowest BCUT2D eigenvalue weighted by atomic mass is 10.0. The van der Waals surface area contributed by atoms with Crippen molar-refractivity contribution < 1.29 is 0 Å². The number of nitrogens with zero attached hydrogens (tertiary/aromatic N) is 1. The minimum absolute atomic E-state index is 0.469. The lowest BCUT2D eigenvalue weighted by molar-refractivity contribution is 0.383. The molecule has 1 aliphatic rings. The third-order valence-corrected chi connectivity index (χ3v) is 5.47. The number of rotatable bonds is 4. The van der Waals surface area contributed by atoms with Crippen molar-refractivity contribution in [3.63, 3.8) is 0 Å². The molecule has 1 saturated heterocycles. The van der Waals surface area contributed by atoms with Gasteiger partial charge in [-0.2, -0.15) is 0 Å². The summed E-state index contributed by atoms with van der Waals surface area (Å²) in [4.78, 5) is 5.36. The maximum atomic E-state index is 3.80. The number of anilines is 1. The van der Waals surface area contributed by atoms with Crippen LogP contribution >= 0.6 is 11.3 Å². The molecule has 1 aromatic heterocycles. The van der Waals surface area contributed by atoms with E-state index in [-0.39, 0.29) is 0 Å². The molecule has 0 radical (unpaired) electrons. The van der Waals surface area contributed by atoms with Crippen LogP contribution in [0.15, 0.2) is 42.5 Å². The quantitative estimate of drug-likeness (QED) is 0.901. The third-order valence-electron chi connectivity index (χ3n) is 4.29. The number of piperidine rings is 1. The average Bonchev–Trinajstić information content (AvgIpc) is 2.96. The first-order chi connectivity index (χ1) is 10.2. The lowest BCUT2D eigenvalue weighted by Gasteiger charge is -2.35. The first-order valence-electron chi connectivity index (χ1n) is 7.85. The van der Waals surface area contributed by atoms with Crippen LogP contribution in [0.2, 0.25) is 0 Å². The van der Waals surface area contributed by atoms with E-state index >= 15 is 0 Å². The molecule has 1 aliphatic heterocycles. The van der Waals surface area contributed by atoms with E-state index in [2.05, 4.69) is 66.5 Å². The summed E-state index contributed by atoms with van der Waals surface area (Å²) >= 11 is 1.91. The molecule has 1 unspecified atom stereocenters. The van der Waals surface area contributed by atoms with E-state index in [0.29, 0.717) is 12.1 Å². The van der Waals surface area contributed by atoms with Crippen molar-refractivity contribution in [3.05, 3.63) is 52.2 Å². The van der Waals surface area contributed by atoms with Crippen LogP contribution in [0.4, 0.5) is 5.69 Å². The molecule has 2 aromatic rings. The highest BCUT2D eigenvalue weighted by atomic mass is 32.1. The van der Waals surface area contributed by atoms with Gasteiger partial charge in [-0.1, -0.05) is 18.2 Å². The first kappa shape index (κ1) is 14.6. The van der Waals surface area contributed by atoms with Gasteiger partial charge in [0, 0.05) is 40.6 Å². The summed E-state index contributed by atoms with van der Waals surface area (Å²) in [5.41, 5.74) is 1.36.